The molecule has 7 heteroatoms. The van der Waals surface area contributed by atoms with Gasteiger partial charge in [0.05, 0.1) is 6.20 Å². The summed E-state index contributed by atoms with van der Waals surface area (Å²) in [4.78, 5) is 17.8. The van der Waals surface area contributed by atoms with Crippen molar-refractivity contribution in [3.63, 3.8) is 0 Å². The lowest BCUT2D eigenvalue weighted by Gasteiger charge is -1.91. The first-order valence-electron chi connectivity index (χ1n) is 3.14. The molecular formula is C5H5N5OS. The monoisotopic (exact) mass is 183 g/mol. The largest absolute Gasteiger partial charge is 0.393 e. The van der Waals surface area contributed by atoms with E-state index in [9.17, 15) is 4.79 Å². The van der Waals surface area contributed by atoms with Crippen LogP contribution in [0.25, 0.3) is 5.78 Å². The minimum absolute atomic E-state index is 0.0813. The van der Waals surface area contributed by atoms with Crippen LogP contribution in [0.1, 0.15) is 0 Å². The Bertz CT molecular complexity index is 534. The number of nitrogens with two attached hydrogens (primary N) is 1. The summed E-state index contributed by atoms with van der Waals surface area (Å²) in [5.74, 6) is 0.360. The average molecular weight is 183 g/mol. The number of hydrogen-bond acceptors (Lipinski definition) is 4. The number of rotatable bonds is 0. The number of anilines is 1. The molecule has 0 atom stereocenters. The molecule has 0 aliphatic heterocycles. The Hall–Kier alpha value is -1.63. The van der Waals surface area contributed by atoms with Gasteiger partial charge in [0.2, 0.25) is 5.78 Å². The van der Waals surface area contributed by atoms with Crippen molar-refractivity contribution in [1.82, 2.24) is 19.6 Å². The molecule has 0 spiro atoms. The van der Waals surface area contributed by atoms with E-state index in [2.05, 4.69) is 15.1 Å². The van der Waals surface area contributed by atoms with Crippen LogP contribution in [0.4, 0.5) is 5.69 Å². The zero-order chi connectivity index (χ0) is 8.72. The number of aromatic amines is 2. The quantitative estimate of drug-likeness (QED) is 0.487. The van der Waals surface area contributed by atoms with Crippen LogP contribution in [0.5, 0.6) is 0 Å². The van der Waals surface area contributed by atoms with Crippen LogP contribution in [-0.4, -0.2) is 19.6 Å². The second-order valence-electron chi connectivity index (χ2n) is 2.24. The molecule has 0 amide bonds. The Morgan fingerprint density at radius 2 is 2.42 bits per heavy atom. The Kier molecular flexibility index (Phi) is 1.28. The molecule has 0 bridgehead atoms. The predicted octanol–water partition coefficient (Wildman–Crippen LogP) is -0.338. The second-order valence-corrected chi connectivity index (χ2v) is 2.65. The Morgan fingerprint density at radius 1 is 1.67 bits per heavy atom. The van der Waals surface area contributed by atoms with Gasteiger partial charge in [0.1, 0.15) is 5.69 Å². The van der Waals surface area contributed by atoms with E-state index in [-0.39, 0.29) is 11.2 Å². The van der Waals surface area contributed by atoms with Crippen molar-refractivity contribution in [3.8, 4) is 0 Å². The molecule has 0 radical (unpaired) electrons. The molecule has 0 saturated carbocycles. The van der Waals surface area contributed by atoms with Crippen LogP contribution in [0.3, 0.4) is 0 Å². The van der Waals surface area contributed by atoms with E-state index in [0.29, 0.717) is 10.5 Å². The van der Waals surface area contributed by atoms with E-state index >= 15 is 0 Å². The van der Waals surface area contributed by atoms with Gasteiger partial charge >= 0.3 is 0 Å². The number of aromatic nitrogens is 4. The maximum atomic E-state index is 11.2. The molecule has 2 aromatic heterocycles. The lowest BCUT2D eigenvalue weighted by molar-refractivity contribution is 0.897. The van der Waals surface area contributed by atoms with Gasteiger partial charge in [-0.3, -0.25) is 14.9 Å². The summed E-state index contributed by atoms with van der Waals surface area (Å²) in [6.07, 6.45) is 1.29. The van der Waals surface area contributed by atoms with Crippen molar-refractivity contribution >= 4 is 23.7 Å². The average Bonchev–Trinajstić information content (AvgIpc) is 2.39. The highest BCUT2D eigenvalue weighted by molar-refractivity contribution is 7.71. The standard InChI is InChI=1S/C5H5N5OS/c6-2-1-7-4-8-5(12)9-10(4)3(2)11/h1H,6H2,(H2,7,8,9,12). The first-order chi connectivity index (χ1) is 5.68. The molecule has 2 aromatic rings. The van der Waals surface area contributed by atoms with E-state index in [1.165, 1.54) is 6.20 Å². The number of hydrogen-bond donors (Lipinski definition) is 3. The maximum Gasteiger partial charge on any atom is 0.297 e. The van der Waals surface area contributed by atoms with Gasteiger partial charge in [-0.25, -0.2) is 4.98 Å². The second kappa shape index (κ2) is 2.18. The molecule has 6 nitrogen and oxygen atoms in total. The van der Waals surface area contributed by atoms with Gasteiger partial charge in [-0.15, -0.1) is 0 Å². The minimum atomic E-state index is -0.354. The number of nitrogens with zero attached hydrogens (tertiary/aromatic N) is 2. The molecule has 62 valence electrons. The van der Waals surface area contributed by atoms with E-state index < -0.39 is 0 Å². The number of nitrogen functional groups attached to an aromatic ring is 1. The zero-order valence-corrected chi connectivity index (χ0v) is 6.68. The van der Waals surface area contributed by atoms with Crippen molar-refractivity contribution in [2.75, 3.05) is 5.73 Å². The summed E-state index contributed by atoms with van der Waals surface area (Å²) in [6.45, 7) is 0. The van der Waals surface area contributed by atoms with Crippen LogP contribution >= 0.6 is 12.2 Å². The maximum absolute atomic E-state index is 11.2. The van der Waals surface area contributed by atoms with Crippen molar-refractivity contribution in [2.24, 2.45) is 0 Å². The smallest absolute Gasteiger partial charge is 0.297 e. The van der Waals surface area contributed by atoms with Crippen LogP contribution in [0, 0.1) is 4.77 Å². The van der Waals surface area contributed by atoms with E-state index in [1.807, 2.05) is 0 Å². The first kappa shape index (κ1) is 7.04. The summed E-state index contributed by atoms with van der Waals surface area (Å²) in [5, 5.41) is 2.59. The normalized spacial score (nSPS) is 10.7. The molecule has 0 aliphatic carbocycles. The third-order valence-corrected chi connectivity index (χ3v) is 1.62. The number of H-pyrrole nitrogens is 2. The fraction of sp³-hybridized carbons (Fsp3) is 0. The Labute approximate surface area is 71.0 Å². The molecule has 2 rings (SSSR count). The highest BCUT2D eigenvalue weighted by Crippen LogP contribution is 1.92. The molecule has 4 N–H and O–H groups in total. The minimum Gasteiger partial charge on any atom is -0.393 e. The lowest BCUT2D eigenvalue weighted by Crippen LogP contribution is -2.18. The molecule has 12 heavy (non-hydrogen) atoms. The van der Waals surface area contributed by atoms with Crippen LogP contribution in [0.15, 0.2) is 11.0 Å². The van der Waals surface area contributed by atoms with Crippen molar-refractivity contribution < 1.29 is 0 Å². The SMILES string of the molecule is Nc1cnc2[nH]c(=S)[nH]n2c1=O. The third kappa shape index (κ3) is 0.832. The Morgan fingerprint density at radius 3 is 3.17 bits per heavy atom. The van der Waals surface area contributed by atoms with Gasteiger partial charge in [-0.05, 0) is 12.2 Å². The van der Waals surface area contributed by atoms with Gasteiger partial charge in [-0.1, -0.05) is 0 Å². The summed E-state index contributed by atoms with van der Waals surface area (Å²) in [7, 11) is 0. The molecular weight excluding hydrogens is 178 g/mol. The van der Waals surface area contributed by atoms with Crippen LogP contribution in [0.2, 0.25) is 0 Å². The number of fused-ring (bicyclic) bond motifs is 1. The van der Waals surface area contributed by atoms with Crippen LogP contribution < -0.4 is 11.3 Å². The fourth-order valence-electron chi connectivity index (χ4n) is 0.892. The van der Waals surface area contributed by atoms with Crippen molar-refractivity contribution in [3.05, 3.63) is 21.3 Å². The van der Waals surface area contributed by atoms with Gasteiger partial charge < -0.3 is 5.73 Å². The molecule has 0 aromatic carbocycles. The predicted molar refractivity (Wildman–Crippen MR) is 45.4 cm³/mol. The van der Waals surface area contributed by atoms with Gasteiger partial charge in [-0.2, -0.15) is 4.52 Å². The summed E-state index contributed by atoms with van der Waals surface area (Å²) < 4.78 is 1.50. The van der Waals surface area contributed by atoms with E-state index in [0.717, 1.165) is 4.52 Å². The van der Waals surface area contributed by atoms with Gasteiger partial charge in [0.25, 0.3) is 5.56 Å². The van der Waals surface area contributed by atoms with Gasteiger partial charge in [0.15, 0.2) is 4.77 Å². The summed E-state index contributed by atoms with van der Waals surface area (Å²) in [5.41, 5.74) is 5.06. The lowest BCUT2D eigenvalue weighted by atomic mass is 10.5. The fourth-order valence-corrected chi connectivity index (χ4v) is 1.07. The van der Waals surface area contributed by atoms with Crippen molar-refractivity contribution in [1.29, 1.82) is 0 Å². The third-order valence-electron chi connectivity index (χ3n) is 1.43. The number of nitrogens with one attached hydrogen (secondary N) is 2. The van der Waals surface area contributed by atoms with E-state index in [4.69, 9.17) is 18.0 Å². The first-order valence-corrected chi connectivity index (χ1v) is 3.55. The molecule has 0 aliphatic rings. The molecule has 0 unspecified atom stereocenters. The summed E-state index contributed by atoms with van der Waals surface area (Å²) in [6, 6.07) is 0. The van der Waals surface area contributed by atoms with Crippen molar-refractivity contribution in [2.45, 2.75) is 0 Å². The summed E-state index contributed by atoms with van der Waals surface area (Å²) >= 11 is 4.76. The molecule has 0 saturated heterocycles. The zero-order valence-electron chi connectivity index (χ0n) is 5.87. The topological polar surface area (TPSA) is 92.0 Å². The molecule has 2 heterocycles. The van der Waals surface area contributed by atoms with Crippen LogP contribution in [-0.2, 0) is 0 Å². The highest BCUT2D eigenvalue weighted by Gasteiger charge is 2.01. The Balaban J connectivity index is 3.10. The van der Waals surface area contributed by atoms with E-state index in [1.54, 1.807) is 0 Å². The van der Waals surface area contributed by atoms with Gasteiger partial charge in [0, 0.05) is 0 Å². The molecule has 0 fully saturated rings. The highest BCUT2D eigenvalue weighted by atomic mass is 32.1.